The van der Waals surface area contributed by atoms with Crippen molar-refractivity contribution in [3.63, 3.8) is 0 Å². The average molecular weight is 355 g/mol. The largest absolute Gasteiger partial charge is 0.361 e. The van der Waals surface area contributed by atoms with Gasteiger partial charge in [-0.25, -0.2) is 9.97 Å². The molecule has 26 heavy (non-hydrogen) atoms. The molecular formula is C17H21N7O2. The van der Waals surface area contributed by atoms with Gasteiger partial charge in [0.05, 0.1) is 17.5 Å². The van der Waals surface area contributed by atoms with Gasteiger partial charge in [-0.2, -0.15) is 0 Å². The monoisotopic (exact) mass is 355 g/mol. The van der Waals surface area contributed by atoms with Crippen molar-refractivity contribution >= 4 is 22.8 Å². The van der Waals surface area contributed by atoms with Crippen LogP contribution in [0.15, 0.2) is 29.2 Å². The van der Waals surface area contributed by atoms with Gasteiger partial charge >= 0.3 is 0 Å². The SMILES string of the molecule is Cc1cc(CNC(=O)C2(N)CCN(c3ncnc4[nH]ccc34)CC2)no1. The Morgan fingerprint density at radius 2 is 2.23 bits per heavy atom. The van der Waals surface area contributed by atoms with Gasteiger partial charge in [-0.15, -0.1) is 0 Å². The van der Waals surface area contributed by atoms with E-state index in [0.29, 0.717) is 43.9 Å². The molecule has 0 bridgehead atoms. The Labute approximate surface area is 150 Å². The number of fused-ring (bicyclic) bond motifs is 1. The zero-order valence-corrected chi connectivity index (χ0v) is 14.5. The summed E-state index contributed by atoms with van der Waals surface area (Å²) >= 11 is 0. The number of anilines is 1. The van der Waals surface area contributed by atoms with Crippen molar-refractivity contribution in [2.24, 2.45) is 5.73 Å². The molecule has 4 N–H and O–H groups in total. The molecule has 1 aliphatic rings. The van der Waals surface area contributed by atoms with Crippen LogP contribution >= 0.6 is 0 Å². The third-order valence-corrected chi connectivity index (χ3v) is 4.85. The quantitative estimate of drug-likeness (QED) is 0.634. The van der Waals surface area contributed by atoms with Gasteiger partial charge in [0.15, 0.2) is 0 Å². The first-order valence-electron chi connectivity index (χ1n) is 8.58. The molecule has 0 unspecified atom stereocenters. The summed E-state index contributed by atoms with van der Waals surface area (Å²) in [5, 5.41) is 7.72. The number of hydrogen-bond acceptors (Lipinski definition) is 7. The van der Waals surface area contributed by atoms with Crippen molar-refractivity contribution in [1.82, 2.24) is 25.4 Å². The van der Waals surface area contributed by atoms with Crippen LogP contribution in [0.4, 0.5) is 5.82 Å². The van der Waals surface area contributed by atoms with Crippen molar-refractivity contribution in [1.29, 1.82) is 0 Å². The van der Waals surface area contributed by atoms with Crippen LogP contribution < -0.4 is 16.0 Å². The molecule has 136 valence electrons. The number of aromatic nitrogens is 4. The second kappa shape index (κ2) is 6.41. The van der Waals surface area contributed by atoms with Gasteiger partial charge in [-0.3, -0.25) is 4.79 Å². The molecule has 0 atom stereocenters. The smallest absolute Gasteiger partial charge is 0.240 e. The fraction of sp³-hybridized carbons (Fsp3) is 0.412. The molecule has 1 amide bonds. The molecule has 3 aromatic heterocycles. The van der Waals surface area contributed by atoms with E-state index < -0.39 is 5.54 Å². The van der Waals surface area contributed by atoms with Crippen LogP contribution in [0.2, 0.25) is 0 Å². The number of piperidine rings is 1. The van der Waals surface area contributed by atoms with Gasteiger partial charge < -0.3 is 25.5 Å². The Morgan fingerprint density at radius 1 is 1.42 bits per heavy atom. The summed E-state index contributed by atoms with van der Waals surface area (Å²) in [6.45, 7) is 3.44. The number of nitrogens with one attached hydrogen (secondary N) is 2. The fourth-order valence-corrected chi connectivity index (χ4v) is 3.30. The average Bonchev–Trinajstić information content (AvgIpc) is 3.28. The predicted molar refractivity (Wildman–Crippen MR) is 95.3 cm³/mol. The number of aromatic amines is 1. The van der Waals surface area contributed by atoms with E-state index in [-0.39, 0.29) is 5.91 Å². The minimum absolute atomic E-state index is 0.160. The van der Waals surface area contributed by atoms with Crippen molar-refractivity contribution in [3.05, 3.63) is 36.1 Å². The Morgan fingerprint density at radius 3 is 2.96 bits per heavy atom. The van der Waals surface area contributed by atoms with Crippen LogP contribution in [0.25, 0.3) is 11.0 Å². The molecule has 0 aromatic carbocycles. The second-order valence-corrected chi connectivity index (χ2v) is 6.69. The number of hydrogen-bond donors (Lipinski definition) is 3. The van der Waals surface area contributed by atoms with Crippen molar-refractivity contribution in [2.45, 2.75) is 31.8 Å². The molecule has 0 aliphatic carbocycles. The molecular weight excluding hydrogens is 334 g/mol. The Balaban J connectivity index is 1.40. The molecule has 1 aliphatic heterocycles. The zero-order valence-electron chi connectivity index (χ0n) is 14.5. The highest BCUT2D eigenvalue weighted by atomic mass is 16.5. The number of carbonyl (C=O) groups is 1. The third-order valence-electron chi connectivity index (χ3n) is 4.85. The summed E-state index contributed by atoms with van der Waals surface area (Å²) < 4.78 is 5.01. The van der Waals surface area contributed by atoms with Crippen molar-refractivity contribution in [3.8, 4) is 0 Å². The minimum atomic E-state index is -0.889. The van der Waals surface area contributed by atoms with Gasteiger partial charge in [0.2, 0.25) is 5.91 Å². The number of nitrogens with zero attached hydrogens (tertiary/aromatic N) is 4. The van der Waals surface area contributed by atoms with E-state index in [0.717, 1.165) is 16.9 Å². The number of H-pyrrole nitrogens is 1. The van der Waals surface area contributed by atoms with E-state index in [1.807, 2.05) is 19.2 Å². The molecule has 1 saturated heterocycles. The maximum Gasteiger partial charge on any atom is 0.240 e. The third kappa shape index (κ3) is 3.01. The van der Waals surface area contributed by atoms with Gasteiger partial charge in [0.1, 0.15) is 29.2 Å². The van der Waals surface area contributed by atoms with Crippen molar-refractivity contribution in [2.75, 3.05) is 18.0 Å². The first kappa shape index (κ1) is 16.5. The van der Waals surface area contributed by atoms with Gasteiger partial charge in [-0.1, -0.05) is 5.16 Å². The number of amides is 1. The topological polar surface area (TPSA) is 126 Å². The highest BCUT2D eigenvalue weighted by Crippen LogP contribution is 2.28. The summed E-state index contributed by atoms with van der Waals surface area (Å²) in [5.41, 5.74) is 6.99. The lowest BCUT2D eigenvalue weighted by atomic mass is 9.87. The summed E-state index contributed by atoms with van der Waals surface area (Å²) in [7, 11) is 0. The Bertz CT molecular complexity index is 924. The molecule has 0 spiro atoms. The van der Waals surface area contributed by atoms with E-state index in [2.05, 4.69) is 30.3 Å². The van der Waals surface area contributed by atoms with Crippen LogP contribution in [0, 0.1) is 6.92 Å². The Hall–Kier alpha value is -2.94. The Kier molecular flexibility index (Phi) is 4.08. The van der Waals surface area contributed by atoms with Gasteiger partial charge in [0, 0.05) is 25.4 Å². The number of rotatable bonds is 4. The molecule has 0 saturated carbocycles. The fourth-order valence-electron chi connectivity index (χ4n) is 3.30. The lowest BCUT2D eigenvalue weighted by molar-refractivity contribution is -0.127. The number of carbonyl (C=O) groups excluding carboxylic acids is 1. The second-order valence-electron chi connectivity index (χ2n) is 6.69. The van der Waals surface area contributed by atoms with Crippen LogP contribution in [-0.4, -0.2) is 44.6 Å². The van der Waals surface area contributed by atoms with E-state index in [9.17, 15) is 4.79 Å². The van der Waals surface area contributed by atoms with Crippen LogP contribution in [0.3, 0.4) is 0 Å². The molecule has 9 nitrogen and oxygen atoms in total. The lowest BCUT2D eigenvalue weighted by Crippen LogP contribution is -2.59. The summed E-state index contributed by atoms with van der Waals surface area (Å²) in [4.78, 5) is 26.4. The first-order chi connectivity index (χ1) is 12.5. The maximum absolute atomic E-state index is 12.6. The number of nitrogens with two attached hydrogens (primary N) is 1. The summed E-state index contributed by atoms with van der Waals surface area (Å²) in [6.07, 6.45) is 4.49. The highest BCUT2D eigenvalue weighted by molar-refractivity contribution is 5.88. The molecule has 3 aromatic rings. The summed E-state index contributed by atoms with van der Waals surface area (Å²) in [6, 6.07) is 3.75. The summed E-state index contributed by atoms with van der Waals surface area (Å²) in [5.74, 6) is 1.43. The molecule has 4 rings (SSSR count). The lowest BCUT2D eigenvalue weighted by Gasteiger charge is -2.38. The van der Waals surface area contributed by atoms with Crippen LogP contribution in [-0.2, 0) is 11.3 Å². The van der Waals surface area contributed by atoms with Gasteiger partial charge in [0.25, 0.3) is 0 Å². The number of aryl methyl sites for hydroxylation is 1. The van der Waals surface area contributed by atoms with Crippen LogP contribution in [0.5, 0.6) is 0 Å². The highest BCUT2D eigenvalue weighted by Gasteiger charge is 2.38. The molecule has 9 heteroatoms. The van der Waals surface area contributed by atoms with E-state index in [4.69, 9.17) is 10.3 Å². The minimum Gasteiger partial charge on any atom is -0.361 e. The molecule has 1 fully saturated rings. The standard InChI is InChI=1S/C17H21N7O2/c1-11-8-12(23-26-11)9-20-16(25)17(18)3-6-24(7-4-17)15-13-2-5-19-14(13)21-10-22-15/h2,5,8,10H,3-4,6-7,9,18H2,1H3,(H,20,25)(H,19,21,22). The van der Waals surface area contributed by atoms with E-state index >= 15 is 0 Å². The van der Waals surface area contributed by atoms with E-state index in [1.54, 1.807) is 12.4 Å². The normalized spacial score (nSPS) is 16.8. The van der Waals surface area contributed by atoms with Gasteiger partial charge in [-0.05, 0) is 25.8 Å². The van der Waals surface area contributed by atoms with E-state index in [1.165, 1.54) is 0 Å². The molecule has 4 heterocycles. The molecule has 0 radical (unpaired) electrons. The van der Waals surface area contributed by atoms with Crippen molar-refractivity contribution < 1.29 is 9.32 Å². The first-order valence-corrected chi connectivity index (χ1v) is 8.58. The zero-order chi connectivity index (χ0) is 18.1. The predicted octanol–water partition coefficient (Wildman–Crippen LogP) is 0.868. The maximum atomic E-state index is 12.6. The van der Waals surface area contributed by atoms with Crippen LogP contribution in [0.1, 0.15) is 24.3 Å².